The molecule has 2 aromatic heterocycles. The number of likely N-dealkylation sites (tertiary alicyclic amines) is 1. The van der Waals surface area contributed by atoms with Crippen LogP contribution in [0, 0.1) is 5.92 Å². The predicted octanol–water partition coefficient (Wildman–Crippen LogP) is 3.02. The first-order chi connectivity index (χ1) is 12.7. The van der Waals surface area contributed by atoms with Crippen molar-refractivity contribution in [3.63, 3.8) is 0 Å². The van der Waals surface area contributed by atoms with Crippen molar-refractivity contribution < 1.29 is 4.52 Å². The first-order valence-corrected chi connectivity index (χ1v) is 9.32. The molecule has 0 spiro atoms. The lowest BCUT2D eigenvalue weighted by molar-refractivity contribution is 0.286. The summed E-state index contributed by atoms with van der Waals surface area (Å²) in [6, 6.07) is 10.0. The van der Waals surface area contributed by atoms with Crippen molar-refractivity contribution in [1.29, 1.82) is 0 Å². The molecule has 6 heteroatoms. The fraction of sp³-hybridized carbons (Fsp3) is 0.450. The van der Waals surface area contributed by atoms with Gasteiger partial charge in [0.15, 0.2) is 5.82 Å². The van der Waals surface area contributed by atoms with Gasteiger partial charge in [-0.25, -0.2) is 0 Å². The second-order valence-electron chi connectivity index (χ2n) is 7.73. The Kier molecular flexibility index (Phi) is 3.67. The molecule has 1 saturated carbocycles. The molecule has 134 valence electrons. The summed E-state index contributed by atoms with van der Waals surface area (Å²) in [5, 5.41) is 8.72. The van der Waals surface area contributed by atoms with E-state index in [1.807, 2.05) is 48.3 Å². The van der Waals surface area contributed by atoms with Gasteiger partial charge in [0.25, 0.3) is 5.89 Å². The van der Waals surface area contributed by atoms with Gasteiger partial charge in [0.1, 0.15) is 0 Å². The molecule has 1 aliphatic carbocycles. The minimum absolute atomic E-state index is 0.0404. The zero-order valence-corrected chi connectivity index (χ0v) is 15.0. The van der Waals surface area contributed by atoms with Crippen LogP contribution in [-0.4, -0.2) is 37.9 Å². The molecule has 0 N–H and O–H groups in total. The minimum atomic E-state index is 0.0404. The van der Waals surface area contributed by atoms with Gasteiger partial charge in [0.2, 0.25) is 0 Å². The molecule has 0 bridgehead atoms. The van der Waals surface area contributed by atoms with E-state index in [1.54, 1.807) is 0 Å². The average Bonchev–Trinajstić information content (AvgIpc) is 3.39. The number of aromatic nitrogens is 4. The molecule has 3 heterocycles. The van der Waals surface area contributed by atoms with Crippen molar-refractivity contribution in [3.8, 4) is 11.5 Å². The van der Waals surface area contributed by atoms with E-state index < -0.39 is 0 Å². The van der Waals surface area contributed by atoms with Crippen LogP contribution in [-0.2, 0) is 19.0 Å². The Labute approximate surface area is 152 Å². The highest BCUT2D eigenvalue weighted by Crippen LogP contribution is 2.50. The largest absolute Gasteiger partial charge is 0.334 e. The molecular formula is C20H23N5O. The lowest BCUT2D eigenvalue weighted by Gasteiger charge is -2.24. The average molecular weight is 349 g/mol. The Balaban J connectivity index is 1.41. The van der Waals surface area contributed by atoms with Crippen molar-refractivity contribution in [2.24, 2.45) is 13.0 Å². The van der Waals surface area contributed by atoms with Crippen LogP contribution in [0.3, 0.4) is 0 Å². The molecule has 0 radical (unpaired) electrons. The summed E-state index contributed by atoms with van der Waals surface area (Å²) in [6.07, 6.45) is 7.71. The molecule has 1 aromatic carbocycles. The van der Waals surface area contributed by atoms with Crippen LogP contribution in [0.4, 0.5) is 0 Å². The SMILES string of the molecule is Cn1cc(CN2C[C@H]3CCC[C@@]3(c3noc(-c4ccccc4)n3)C2)cn1. The summed E-state index contributed by atoms with van der Waals surface area (Å²) >= 11 is 0. The third-order valence-corrected chi connectivity index (χ3v) is 6.00. The lowest BCUT2D eigenvalue weighted by atomic mass is 9.80. The van der Waals surface area contributed by atoms with Crippen LogP contribution in [0.15, 0.2) is 47.2 Å². The van der Waals surface area contributed by atoms with E-state index in [4.69, 9.17) is 9.51 Å². The molecule has 0 unspecified atom stereocenters. The predicted molar refractivity (Wildman–Crippen MR) is 97.2 cm³/mol. The molecule has 1 saturated heterocycles. The van der Waals surface area contributed by atoms with Crippen LogP contribution < -0.4 is 0 Å². The molecule has 0 amide bonds. The van der Waals surface area contributed by atoms with Gasteiger partial charge >= 0.3 is 0 Å². The molecule has 6 nitrogen and oxygen atoms in total. The Bertz CT molecular complexity index is 902. The number of benzene rings is 1. The summed E-state index contributed by atoms with van der Waals surface area (Å²) in [7, 11) is 1.97. The Morgan fingerprint density at radius 2 is 2.15 bits per heavy atom. The van der Waals surface area contributed by atoms with Gasteiger partial charge in [-0.3, -0.25) is 9.58 Å². The third kappa shape index (κ3) is 2.56. The summed E-state index contributed by atoms with van der Waals surface area (Å²) in [6.45, 7) is 3.04. The quantitative estimate of drug-likeness (QED) is 0.725. The fourth-order valence-corrected chi connectivity index (χ4v) is 4.81. The van der Waals surface area contributed by atoms with Crippen LogP contribution in [0.25, 0.3) is 11.5 Å². The first kappa shape index (κ1) is 15.8. The number of hydrogen-bond donors (Lipinski definition) is 0. The minimum Gasteiger partial charge on any atom is -0.334 e. The van der Waals surface area contributed by atoms with Gasteiger partial charge < -0.3 is 4.52 Å². The fourth-order valence-electron chi connectivity index (χ4n) is 4.81. The van der Waals surface area contributed by atoms with Crippen molar-refractivity contribution in [2.45, 2.75) is 31.2 Å². The molecule has 2 atom stereocenters. The van der Waals surface area contributed by atoms with E-state index in [-0.39, 0.29) is 5.41 Å². The Morgan fingerprint density at radius 1 is 1.27 bits per heavy atom. The van der Waals surface area contributed by atoms with E-state index in [9.17, 15) is 0 Å². The van der Waals surface area contributed by atoms with E-state index in [0.29, 0.717) is 11.8 Å². The second-order valence-corrected chi connectivity index (χ2v) is 7.73. The number of nitrogens with zero attached hydrogens (tertiary/aromatic N) is 5. The summed E-state index contributed by atoms with van der Waals surface area (Å²) in [5.41, 5.74) is 2.29. The molecule has 2 fully saturated rings. The van der Waals surface area contributed by atoms with Gasteiger partial charge in [-0.05, 0) is 30.9 Å². The zero-order chi connectivity index (χ0) is 17.6. The lowest BCUT2D eigenvalue weighted by Crippen LogP contribution is -2.33. The van der Waals surface area contributed by atoms with Crippen molar-refractivity contribution in [2.75, 3.05) is 13.1 Å². The van der Waals surface area contributed by atoms with Crippen LogP contribution in [0.2, 0.25) is 0 Å². The molecule has 3 aromatic rings. The Morgan fingerprint density at radius 3 is 2.96 bits per heavy atom. The first-order valence-electron chi connectivity index (χ1n) is 9.32. The summed E-state index contributed by atoms with van der Waals surface area (Å²) < 4.78 is 7.50. The van der Waals surface area contributed by atoms with Crippen molar-refractivity contribution in [1.82, 2.24) is 24.8 Å². The standard InChI is InChI=1S/C20H23N5O/c1-24-11-15(10-21-24)12-25-13-17-8-5-9-20(17,14-25)19-22-18(26-23-19)16-6-3-2-4-7-16/h2-4,6-7,10-11,17H,5,8-9,12-14H2,1H3/t17-,20-/m1/s1. The highest BCUT2D eigenvalue weighted by Gasteiger charge is 2.53. The highest BCUT2D eigenvalue weighted by atomic mass is 16.5. The van der Waals surface area contributed by atoms with Crippen LogP contribution >= 0.6 is 0 Å². The summed E-state index contributed by atoms with van der Waals surface area (Å²) in [4.78, 5) is 7.35. The van der Waals surface area contributed by atoms with E-state index in [0.717, 1.165) is 37.4 Å². The molecule has 2 aliphatic rings. The van der Waals surface area contributed by atoms with Gasteiger partial charge in [-0.2, -0.15) is 10.1 Å². The Hall–Kier alpha value is -2.47. The van der Waals surface area contributed by atoms with Gasteiger partial charge in [0.05, 0.1) is 11.6 Å². The molecular weight excluding hydrogens is 326 g/mol. The number of rotatable bonds is 4. The maximum Gasteiger partial charge on any atom is 0.257 e. The number of fused-ring (bicyclic) bond motifs is 1. The number of hydrogen-bond acceptors (Lipinski definition) is 5. The molecule has 26 heavy (non-hydrogen) atoms. The van der Waals surface area contributed by atoms with E-state index in [1.165, 1.54) is 18.4 Å². The van der Waals surface area contributed by atoms with Gasteiger partial charge in [0, 0.05) is 44.0 Å². The maximum absolute atomic E-state index is 5.63. The molecule has 5 rings (SSSR count). The van der Waals surface area contributed by atoms with Gasteiger partial charge in [-0.15, -0.1) is 0 Å². The van der Waals surface area contributed by atoms with Crippen molar-refractivity contribution in [3.05, 3.63) is 54.1 Å². The molecule has 1 aliphatic heterocycles. The van der Waals surface area contributed by atoms with E-state index >= 15 is 0 Å². The van der Waals surface area contributed by atoms with E-state index in [2.05, 4.69) is 21.4 Å². The summed E-state index contributed by atoms with van der Waals surface area (Å²) in [5.74, 6) is 2.14. The topological polar surface area (TPSA) is 60.0 Å². The smallest absolute Gasteiger partial charge is 0.257 e. The normalized spacial score (nSPS) is 25.7. The third-order valence-electron chi connectivity index (χ3n) is 6.00. The monoisotopic (exact) mass is 349 g/mol. The van der Waals surface area contributed by atoms with Crippen LogP contribution in [0.5, 0.6) is 0 Å². The zero-order valence-electron chi connectivity index (χ0n) is 15.0. The second kappa shape index (κ2) is 6.06. The van der Waals surface area contributed by atoms with Gasteiger partial charge in [-0.1, -0.05) is 29.8 Å². The van der Waals surface area contributed by atoms with Crippen LogP contribution in [0.1, 0.15) is 30.7 Å². The highest BCUT2D eigenvalue weighted by molar-refractivity contribution is 5.52. The maximum atomic E-state index is 5.63. The van der Waals surface area contributed by atoms with Crippen molar-refractivity contribution >= 4 is 0 Å². The number of aryl methyl sites for hydroxylation is 1.